The molecular weight excluding hydrogens is 96.1 g/mol. The molecule has 0 saturated carbocycles. The average Bonchev–Trinajstić information content (AvgIpc) is 1.21. The van der Waals surface area contributed by atoms with Crippen molar-refractivity contribution in [2.45, 2.75) is 27.2 Å². The SMILES string of the molecule is [CH]=C(C)CC([CH2])(C)C. The van der Waals surface area contributed by atoms with Crippen molar-refractivity contribution in [1.82, 2.24) is 0 Å². The van der Waals surface area contributed by atoms with Crippen molar-refractivity contribution in [2.24, 2.45) is 5.41 Å². The summed E-state index contributed by atoms with van der Waals surface area (Å²) in [6.45, 7) is 15.4. The Morgan fingerprint density at radius 2 is 2.00 bits per heavy atom. The zero-order valence-electron chi connectivity index (χ0n) is 5.99. The maximum absolute atomic E-state index is 5.46. The predicted molar refractivity (Wildman–Crippen MR) is 37.2 cm³/mol. The van der Waals surface area contributed by atoms with Crippen LogP contribution in [-0.2, 0) is 0 Å². The van der Waals surface area contributed by atoms with Crippen LogP contribution in [0.15, 0.2) is 5.57 Å². The first-order valence-electron chi connectivity index (χ1n) is 2.85. The maximum Gasteiger partial charge on any atom is -0.0268 e. The van der Waals surface area contributed by atoms with Crippen molar-refractivity contribution in [2.75, 3.05) is 0 Å². The van der Waals surface area contributed by atoms with E-state index in [4.69, 9.17) is 6.58 Å². The van der Waals surface area contributed by atoms with Gasteiger partial charge in [-0.1, -0.05) is 26.0 Å². The number of hydrogen-bond donors (Lipinski definition) is 0. The van der Waals surface area contributed by atoms with Gasteiger partial charge in [0.15, 0.2) is 0 Å². The molecule has 0 rings (SSSR count). The predicted octanol–water partition coefficient (Wildman–Crippen LogP) is 2.62. The van der Waals surface area contributed by atoms with Crippen molar-refractivity contribution in [3.05, 3.63) is 19.1 Å². The van der Waals surface area contributed by atoms with Gasteiger partial charge in [0.25, 0.3) is 0 Å². The van der Waals surface area contributed by atoms with E-state index in [1.807, 2.05) is 6.92 Å². The van der Waals surface area contributed by atoms with Crippen molar-refractivity contribution in [3.8, 4) is 0 Å². The fourth-order valence-corrected chi connectivity index (χ4v) is 0.755. The summed E-state index contributed by atoms with van der Waals surface area (Å²) in [5, 5.41) is 0. The minimum absolute atomic E-state index is 0.110. The first-order chi connectivity index (χ1) is 3.42. The molecule has 0 atom stereocenters. The van der Waals surface area contributed by atoms with E-state index in [0.717, 1.165) is 12.0 Å². The molecule has 0 aromatic carbocycles. The third-order valence-electron chi connectivity index (χ3n) is 0.757. The van der Waals surface area contributed by atoms with Crippen molar-refractivity contribution in [3.63, 3.8) is 0 Å². The Bertz CT molecular complexity index is 82.7. The number of hydrogen-bond acceptors (Lipinski definition) is 0. The standard InChI is InChI=1S/C8H14/c1-7(2)6-8(3,4)5/h1H,3,6H2,2,4-5H3. The summed E-state index contributed by atoms with van der Waals surface area (Å²) in [5.41, 5.74) is 1.07. The maximum atomic E-state index is 5.46. The zero-order valence-corrected chi connectivity index (χ0v) is 5.99. The Labute approximate surface area is 52.6 Å². The molecule has 0 aliphatic heterocycles. The van der Waals surface area contributed by atoms with Crippen molar-refractivity contribution in [1.29, 1.82) is 0 Å². The van der Waals surface area contributed by atoms with Crippen LogP contribution in [0, 0.1) is 18.9 Å². The Balaban J connectivity index is 3.55. The Morgan fingerprint density at radius 3 is 2.00 bits per heavy atom. The monoisotopic (exact) mass is 110 g/mol. The lowest BCUT2D eigenvalue weighted by Crippen LogP contribution is -2.04. The minimum atomic E-state index is 0.110. The van der Waals surface area contributed by atoms with Crippen LogP contribution in [0.4, 0.5) is 0 Å². The average molecular weight is 110 g/mol. The molecule has 0 saturated heterocycles. The molecule has 0 aliphatic rings. The molecule has 0 aliphatic carbocycles. The van der Waals surface area contributed by atoms with E-state index in [2.05, 4.69) is 20.8 Å². The number of allylic oxidation sites excluding steroid dienone is 1. The second kappa shape index (κ2) is 2.34. The molecule has 46 valence electrons. The van der Waals surface area contributed by atoms with Gasteiger partial charge in [-0.15, -0.1) is 0 Å². The van der Waals surface area contributed by atoms with Crippen LogP contribution in [0.3, 0.4) is 0 Å². The normalized spacial score (nSPS) is 11.5. The summed E-state index contributed by atoms with van der Waals surface area (Å²) in [5.74, 6) is 0. The molecule has 0 aromatic heterocycles. The van der Waals surface area contributed by atoms with Gasteiger partial charge < -0.3 is 0 Å². The van der Waals surface area contributed by atoms with Gasteiger partial charge >= 0.3 is 0 Å². The summed E-state index contributed by atoms with van der Waals surface area (Å²) in [7, 11) is 0. The van der Waals surface area contributed by atoms with E-state index in [1.54, 1.807) is 0 Å². The van der Waals surface area contributed by atoms with Crippen molar-refractivity contribution >= 4 is 0 Å². The van der Waals surface area contributed by atoms with Crippen LogP contribution < -0.4 is 0 Å². The van der Waals surface area contributed by atoms with Crippen LogP contribution in [0.2, 0.25) is 0 Å². The fourth-order valence-electron chi connectivity index (χ4n) is 0.755. The van der Waals surface area contributed by atoms with Crippen LogP contribution in [0.25, 0.3) is 0 Å². The molecule has 0 spiro atoms. The molecule has 0 aromatic rings. The molecule has 0 amide bonds. The lowest BCUT2D eigenvalue weighted by Gasteiger charge is -2.16. The van der Waals surface area contributed by atoms with Gasteiger partial charge in [-0.2, -0.15) is 0 Å². The highest BCUT2D eigenvalue weighted by Gasteiger charge is 2.08. The van der Waals surface area contributed by atoms with Crippen LogP contribution in [-0.4, -0.2) is 0 Å². The molecule has 0 heterocycles. The lowest BCUT2D eigenvalue weighted by molar-refractivity contribution is 0.470. The Kier molecular flexibility index (Phi) is 2.26. The van der Waals surface area contributed by atoms with Crippen LogP contribution in [0.5, 0.6) is 0 Å². The summed E-state index contributed by atoms with van der Waals surface area (Å²) in [4.78, 5) is 0. The quantitative estimate of drug-likeness (QED) is 0.512. The summed E-state index contributed by atoms with van der Waals surface area (Å²) in [6, 6.07) is 0. The summed E-state index contributed by atoms with van der Waals surface area (Å²) >= 11 is 0. The van der Waals surface area contributed by atoms with Crippen LogP contribution >= 0.6 is 0 Å². The summed E-state index contributed by atoms with van der Waals surface area (Å²) < 4.78 is 0. The van der Waals surface area contributed by atoms with E-state index in [9.17, 15) is 0 Å². The second-order valence-corrected chi connectivity index (χ2v) is 3.19. The molecular formula is C8H14. The third-order valence-corrected chi connectivity index (χ3v) is 0.757. The van der Waals surface area contributed by atoms with Crippen molar-refractivity contribution < 1.29 is 0 Å². The van der Waals surface area contributed by atoms with Gasteiger partial charge in [0.05, 0.1) is 0 Å². The molecule has 0 heteroatoms. The van der Waals surface area contributed by atoms with Gasteiger partial charge in [-0.25, -0.2) is 0 Å². The van der Waals surface area contributed by atoms with Gasteiger partial charge in [0.1, 0.15) is 0 Å². The highest BCUT2D eigenvalue weighted by atomic mass is 14.1. The molecule has 0 fully saturated rings. The van der Waals surface area contributed by atoms with Gasteiger partial charge in [-0.3, -0.25) is 0 Å². The summed E-state index contributed by atoms with van der Waals surface area (Å²) in [6.07, 6.45) is 0.910. The molecule has 0 nitrogen and oxygen atoms in total. The third kappa shape index (κ3) is 5.74. The van der Waals surface area contributed by atoms with E-state index in [1.165, 1.54) is 0 Å². The largest absolute Gasteiger partial charge is 0.0728 e. The van der Waals surface area contributed by atoms with E-state index in [0.29, 0.717) is 0 Å². The first kappa shape index (κ1) is 7.74. The fraction of sp³-hybridized carbons (Fsp3) is 0.625. The molecule has 0 N–H and O–H groups in total. The molecule has 8 heavy (non-hydrogen) atoms. The van der Waals surface area contributed by atoms with Gasteiger partial charge in [0.2, 0.25) is 0 Å². The second-order valence-electron chi connectivity index (χ2n) is 3.19. The van der Waals surface area contributed by atoms with E-state index < -0.39 is 0 Å². The minimum Gasteiger partial charge on any atom is -0.0728 e. The number of rotatable bonds is 2. The zero-order chi connectivity index (χ0) is 6.78. The van der Waals surface area contributed by atoms with Gasteiger partial charge in [0, 0.05) is 0 Å². The molecule has 2 radical (unpaired) electrons. The Hall–Kier alpha value is -0.260. The van der Waals surface area contributed by atoms with E-state index in [-0.39, 0.29) is 5.41 Å². The highest BCUT2D eigenvalue weighted by molar-refractivity contribution is 4.92. The topological polar surface area (TPSA) is 0 Å². The first-order valence-corrected chi connectivity index (χ1v) is 2.85. The van der Waals surface area contributed by atoms with Gasteiger partial charge in [-0.05, 0) is 25.7 Å². The highest BCUT2D eigenvalue weighted by Crippen LogP contribution is 2.21. The molecule has 0 bridgehead atoms. The lowest BCUT2D eigenvalue weighted by atomic mass is 9.89. The van der Waals surface area contributed by atoms with Crippen LogP contribution in [0.1, 0.15) is 27.2 Å². The smallest absolute Gasteiger partial charge is 0.0268 e. The Morgan fingerprint density at radius 1 is 1.62 bits per heavy atom. The van der Waals surface area contributed by atoms with E-state index >= 15 is 0 Å². The molecule has 0 unspecified atom stereocenters.